The van der Waals surface area contributed by atoms with Crippen LogP contribution in [-0.4, -0.2) is 13.1 Å². The maximum Gasteiger partial charge on any atom is 0.0333 e. The lowest BCUT2D eigenvalue weighted by molar-refractivity contribution is 0.418. The summed E-state index contributed by atoms with van der Waals surface area (Å²) in [5, 5.41) is 3.57. The first-order valence-corrected chi connectivity index (χ1v) is 7.02. The van der Waals surface area contributed by atoms with E-state index in [9.17, 15) is 0 Å². The Morgan fingerprint density at radius 3 is 2.50 bits per heavy atom. The van der Waals surface area contributed by atoms with Crippen LogP contribution >= 0.6 is 0 Å². The van der Waals surface area contributed by atoms with E-state index in [1.54, 1.807) is 0 Å². The van der Waals surface area contributed by atoms with Crippen LogP contribution in [0.1, 0.15) is 38.8 Å². The van der Waals surface area contributed by atoms with Crippen molar-refractivity contribution in [3.8, 4) is 0 Å². The maximum atomic E-state index is 6.28. The monoisotopic (exact) mass is 246 g/mol. The summed E-state index contributed by atoms with van der Waals surface area (Å²) in [5.74, 6) is 1.33. The van der Waals surface area contributed by atoms with Crippen molar-refractivity contribution < 1.29 is 0 Å². The molecule has 3 N–H and O–H groups in total. The van der Waals surface area contributed by atoms with Gasteiger partial charge in [0, 0.05) is 6.04 Å². The van der Waals surface area contributed by atoms with E-state index >= 15 is 0 Å². The van der Waals surface area contributed by atoms with Crippen molar-refractivity contribution in [3.63, 3.8) is 0 Å². The van der Waals surface area contributed by atoms with Gasteiger partial charge in [-0.15, -0.1) is 0 Å². The second-order valence-corrected chi connectivity index (χ2v) is 6.46. The summed E-state index contributed by atoms with van der Waals surface area (Å²) < 4.78 is 0. The molecule has 0 aliphatic heterocycles. The fourth-order valence-corrected chi connectivity index (χ4v) is 2.54. The first-order chi connectivity index (χ1) is 8.50. The highest BCUT2D eigenvalue weighted by Crippen LogP contribution is 2.50. The minimum atomic E-state index is 0.130. The molecular formula is C16H26N2. The minimum absolute atomic E-state index is 0.130. The molecule has 3 atom stereocenters. The second kappa shape index (κ2) is 5.41. The van der Waals surface area contributed by atoms with Crippen LogP contribution in [0.15, 0.2) is 30.3 Å². The molecule has 1 aliphatic rings. The third-order valence-corrected chi connectivity index (χ3v) is 4.37. The van der Waals surface area contributed by atoms with Crippen LogP contribution in [0, 0.1) is 17.3 Å². The summed E-state index contributed by atoms with van der Waals surface area (Å²) >= 11 is 0. The van der Waals surface area contributed by atoms with Gasteiger partial charge in [0.25, 0.3) is 0 Å². The van der Waals surface area contributed by atoms with E-state index in [0.29, 0.717) is 11.3 Å². The van der Waals surface area contributed by atoms with E-state index in [4.69, 9.17) is 5.73 Å². The molecule has 0 heterocycles. The first-order valence-electron chi connectivity index (χ1n) is 7.02. The largest absolute Gasteiger partial charge is 0.324 e. The van der Waals surface area contributed by atoms with Gasteiger partial charge in [-0.25, -0.2) is 0 Å². The van der Waals surface area contributed by atoms with E-state index in [0.717, 1.165) is 19.0 Å². The molecule has 2 nitrogen and oxygen atoms in total. The van der Waals surface area contributed by atoms with Crippen LogP contribution in [-0.2, 0) is 0 Å². The van der Waals surface area contributed by atoms with Crippen molar-refractivity contribution >= 4 is 0 Å². The fourth-order valence-electron chi connectivity index (χ4n) is 2.54. The number of hydrogen-bond donors (Lipinski definition) is 2. The molecule has 1 aromatic carbocycles. The van der Waals surface area contributed by atoms with Gasteiger partial charge in [0.05, 0.1) is 0 Å². The van der Waals surface area contributed by atoms with Gasteiger partial charge < -0.3 is 11.1 Å². The van der Waals surface area contributed by atoms with Crippen LogP contribution in [0.5, 0.6) is 0 Å². The number of rotatable bonds is 6. The zero-order chi connectivity index (χ0) is 13.2. The van der Waals surface area contributed by atoms with E-state index in [1.807, 2.05) is 6.07 Å². The number of benzene rings is 1. The van der Waals surface area contributed by atoms with E-state index in [-0.39, 0.29) is 6.04 Å². The Balaban J connectivity index is 1.73. The van der Waals surface area contributed by atoms with Gasteiger partial charge >= 0.3 is 0 Å². The van der Waals surface area contributed by atoms with Crippen LogP contribution in [0.4, 0.5) is 0 Å². The SMILES string of the molecule is CC(CNCC1CC1(C)C)C(N)c1ccccc1. The molecule has 100 valence electrons. The molecule has 0 spiro atoms. The summed E-state index contributed by atoms with van der Waals surface area (Å²) in [4.78, 5) is 0. The Labute approximate surface area is 111 Å². The van der Waals surface area contributed by atoms with Gasteiger partial charge in [0.1, 0.15) is 0 Å². The van der Waals surface area contributed by atoms with Crippen LogP contribution in [0.3, 0.4) is 0 Å². The van der Waals surface area contributed by atoms with Crippen molar-refractivity contribution in [2.75, 3.05) is 13.1 Å². The van der Waals surface area contributed by atoms with Gasteiger partial charge in [-0.3, -0.25) is 0 Å². The molecule has 0 aromatic heterocycles. The first kappa shape index (κ1) is 13.6. The molecule has 1 fully saturated rings. The van der Waals surface area contributed by atoms with Crippen molar-refractivity contribution in [2.45, 2.75) is 33.2 Å². The van der Waals surface area contributed by atoms with Gasteiger partial charge in [0.15, 0.2) is 0 Å². The van der Waals surface area contributed by atoms with Gasteiger partial charge in [-0.2, -0.15) is 0 Å². The average molecular weight is 246 g/mol. The molecule has 18 heavy (non-hydrogen) atoms. The number of nitrogens with one attached hydrogen (secondary N) is 1. The molecule has 0 amide bonds. The Bertz CT molecular complexity index is 372. The highest BCUT2D eigenvalue weighted by Gasteiger charge is 2.44. The van der Waals surface area contributed by atoms with E-state index < -0.39 is 0 Å². The summed E-state index contributed by atoms with van der Waals surface area (Å²) in [6, 6.07) is 10.5. The average Bonchev–Trinajstić information content (AvgIpc) is 2.97. The van der Waals surface area contributed by atoms with Gasteiger partial charge in [-0.05, 0) is 42.3 Å². The minimum Gasteiger partial charge on any atom is -0.324 e. The molecule has 2 rings (SSSR count). The zero-order valence-corrected chi connectivity index (χ0v) is 11.8. The lowest BCUT2D eigenvalue weighted by Gasteiger charge is -2.21. The predicted molar refractivity (Wildman–Crippen MR) is 77.3 cm³/mol. The highest BCUT2D eigenvalue weighted by atomic mass is 14.9. The van der Waals surface area contributed by atoms with Crippen molar-refractivity contribution in [1.82, 2.24) is 5.32 Å². The molecule has 0 radical (unpaired) electrons. The highest BCUT2D eigenvalue weighted by molar-refractivity contribution is 5.19. The standard InChI is InChI=1S/C16H26N2/c1-12(10-18-11-14-9-16(14,2)3)15(17)13-7-5-4-6-8-13/h4-8,12,14-15,18H,9-11,17H2,1-3H3. The van der Waals surface area contributed by atoms with Gasteiger partial charge in [0.2, 0.25) is 0 Å². The third-order valence-electron chi connectivity index (χ3n) is 4.37. The van der Waals surface area contributed by atoms with E-state index in [1.165, 1.54) is 12.0 Å². The Morgan fingerprint density at radius 2 is 1.94 bits per heavy atom. The molecule has 2 heteroatoms. The molecule has 3 unspecified atom stereocenters. The molecule has 0 bridgehead atoms. The normalized spacial score (nSPS) is 24.6. The third kappa shape index (κ3) is 3.33. The van der Waals surface area contributed by atoms with Gasteiger partial charge in [-0.1, -0.05) is 51.1 Å². The lowest BCUT2D eigenvalue weighted by atomic mass is 9.95. The number of nitrogens with two attached hydrogens (primary N) is 1. The lowest BCUT2D eigenvalue weighted by Crippen LogP contribution is -2.31. The van der Waals surface area contributed by atoms with E-state index in [2.05, 4.69) is 50.4 Å². The molecule has 1 aromatic rings. The molecule has 1 aliphatic carbocycles. The Hall–Kier alpha value is -0.860. The summed E-state index contributed by atoms with van der Waals surface area (Å²) in [6.45, 7) is 9.06. The quantitative estimate of drug-likeness (QED) is 0.810. The Morgan fingerprint density at radius 1 is 1.33 bits per heavy atom. The summed E-state index contributed by atoms with van der Waals surface area (Å²) in [7, 11) is 0. The zero-order valence-electron chi connectivity index (χ0n) is 11.8. The van der Waals surface area contributed by atoms with Crippen LogP contribution in [0.2, 0.25) is 0 Å². The van der Waals surface area contributed by atoms with Crippen molar-refractivity contribution in [1.29, 1.82) is 0 Å². The smallest absolute Gasteiger partial charge is 0.0333 e. The fraction of sp³-hybridized carbons (Fsp3) is 0.625. The van der Waals surface area contributed by atoms with Crippen molar-refractivity contribution in [3.05, 3.63) is 35.9 Å². The summed E-state index contributed by atoms with van der Waals surface area (Å²) in [5.41, 5.74) is 8.09. The van der Waals surface area contributed by atoms with Crippen molar-refractivity contribution in [2.24, 2.45) is 23.0 Å². The van der Waals surface area contributed by atoms with Crippen LogP contribution in [0.25, 0.3) is 0 Å². The predicted octanol–water partition coefficient (Wildman–Crippen LogP) is 2.96. The second-order valence-electron chi connectivity index (χ2n) is 6.46. The molecular weight excluding hydrogens is 220 g/mol. The topological polar surface area (TPSA) is 38.0 Å². The summed E-state index contributed by atoms with van der Waals surface area (Å²) in [6.07, 6.45) is 1.36. The number of hydrogen-bond acceptors (Lipinski definition) is 2. The maximum absolute atomic E-state index is 6.28. The molecule has 0 saturated heterocycles. The van der Waals surface area contributed by atoms with Crippen LogP contribution < -0.4 is 11.1 Å². The Kier molecular flexibility index (Phi) is 4.08. The molecule has 1 saturated carbocycles.